The van der Waals surface area contributed by atoms with E-state index in [2.05, 4.69) is 5.32 Å². The summed E-state index contributed by atoms with van der Waals surface area (Å²) in [6, 6.07) is 5.55. The van der Waals surface area contributed by atoms with E-state index >= 15 is 0 Å². The molecule has 1 aromatic rings. The zero-order valence-electron chi connectivity index (χ0n) is 11.8. The largest absolute Gasteiger partial charge is 0.471 e. The van der Waals surface area contributed by atoms with Crippen LogP contribution in [0.4, 0.5) is 24.5 Å². The zero-order chi connectivity index (χ0) is 16.3. The maximum atomic E-state index is 12.2. The molecule has 0 saturated heterocycles. The van der Waals surface area contributed by atoms with E-state index in [-0.39, 0.29) is 11.6 Å². The molecule has 1 saturated carbocycles. The van der Waals surface area contributed by atoms with Crippen LogP contribution in [0.25, 0.3) is 0 Å². The highest BCUT2D eigenvalue weighted by Crippen LogP contribution is 2.35. The Hall–Kier alpha value is -2.31. The molecule has 1 aliphatic carbocycles. The third kappa shape index (κ3) is 4.61. The third-order valence-electron chi connectivity index (χ3n) is 3.23. The fraction of sp³-hybridized carbons (Fsp3) is 0.333. The first-order chi connectivity index (χ1) is 10.3. The highest BCUT2D eigenvalue weighted by molar-refractivity contribution is 6.01. The van der Waals surface area contributed by atoms with E-state index in [1.165, 1.54) is 30.3 Å². The second-order valence-corrected chi connectivity index (χ2v) is 5.18. The number of hydrogen-bond donors (Lipinski definition) is 2. The van der Waals surface area contributed by atoms with Crippen LogP contribution >= 0.6 is 0 Å². The lowest BCUT2D eigenvalue weighted by atomic mass is 10.2. The Morgan fingerprint density at radius 1 is 1.18 bits per heavy atom. The maximum Gasteiger partial charge on any atom is 0.471 e. The molecule has 2 rings (SSSR count). The molecule has 4 nitrogen and oxygen atoms in total. The molecule has 2 N–H and O–H groups in total. The molecule has 0 spiro atoms. The average Bonchev–Trinajstić information content (AvgIpc) is 3.21. The van der Waals surface area contributed by atoms with E-state index in [0.717, 1.165) is 18.4 Å². The summed E-state index contributed by atoms with van der Waals surface area (Å²) >= 11 is 0. The van der Waals surface area contributed by atoms with Crippen molar-refractivity contribution in [2.75, 3.05) is 10.6 Å². The van der Waals surface area contributed by atoms with Crippen LogP contribution in [0.1, 0.15) is 19.8 Å². The lowest BCUT2D eigenvalue weighted by molar-refractivity contribution is -0.167. The quantitative estimate of drug-likeness (QED) is 0.836. The Bertz CT molecular complexity index is 619. The number of alkyl halides is 3. The first kappa shape index (κ1) is 16.1. The van der Waals surface area contributed by atoms with Crippen molar-refractivity contribution in [3.05, 3.63) is 35.9 Å². The van der Waals surface area contributed by atoms with Crippen LogP contribution in [0, 0.1) is 5.92 Å². The van der Waals surface area contributed by atoms with E-state index in [4.69, 9.17) is 0 Å². The van der Waals surface area contributed by atoms with Crippen LogP contribution in [-0.2, 0) is 9.59 Å². The second kappa shape index (κ2) is 6.21. The molecule has 0 bridgehead atoms. The van der Waals surface area contributed by atoms with Crippen LogP contribution in [0.5, 0.6) is 0 Å². The van der Waals surface area contributed by atoms with Crippen LogP contribution in [0.15, 0.2) is 35.9 Å². The number of amides is 2. The van der Waals surface area contributed by atoms with Gasteiger partial charge in [0.2, 0.25) is 5.91 Å². The molecular formula is C15H15F3N2O2. The smallest absolute Gasteiger partial charge is 0.322 e. The topological polar surface area (TPSA) is 58.2 Å². The van der Waals surface area contributed by atoms with E-state index in [1.54, 1.807) is 5.32 Å². The van der Waals surface area contributed by atoms with Gasteiger partial charge in [-0.05, 0) is 43.9 Å². The summed E-state index contributed by atoms with van der Waals surface area (Å²) in [7, 11) is 0. The molecule has 0 aromatic heterocycles. The Balaban J connectivity index is 2.00. The first-order valence-corrected chi connectivity index (χ1v) is 6.73. The van der Waals surface area contributed by atoms with Crippen LogP contribution in [-0.4, -0.2) is 18.0 Å². The van der Waals surface area contributed by atoms with Crippen molar-refractivity contribution >= 4 is 23.2 Å². The molecule has 7 heteroatoms. The summed E-state index contributed by atoms with van der Waals surface area (Å²) < 4.78 is 36.5. The van der Waals surface area contributed by atoms with Gasteiger partial charge in [0.05, 0.1) is 0 Å². The van der Waals surface area contributed by atoms with Crippen molar-refractivity contribution in [2.45, 2.75) is 25.9 Å². The number of hydrogen-bond acceptors (Lipinski definition) is 2. The van der Waals surface area contributed by atoms with Gasteiger partial charge in [0.15, 0.2) is 0 Å². The minimum absolute atomic E-state index is 0.0389. The Kier molecular flexibility index (Phi) is 4.54. The second-order valence-electron chi connectivity index (χ2n) is 5.18. The van der Waals surface area contributed by atoms with Gasteiger partial charge in [-0.3, -0.25) is 9.59 Å². The van der Waals surface area contributed by atoms with Crippen LogP contribution in [0.3, 0.4) is 0 Å². The number of nitrogens with one attached hydrogen (secondary N) is 2. The summed E-state index contributed by atoms with van der Waals surface area (Å²) in [6.45, 7) is 1.87. The number of carbonyl (C=O) groups excluding carboxylic acids is 2. The van der Waals surface area contributed by atoms with E-state index in [1.807, 2.05) is 6.92 Å². The first-order valence-electron chi connectivity index (χ1n) is 6.73. The Morgan fingerprint density at radius 2 is 1.77 bits per heavy atom. The normalized spacial score (nSPS) is 15.4. The Labute approximate surface area is 125 Å². The van der Waals surface area contributed by atoms with Crippen molar-refractivity contribution in [1.82, 2.24) is 0 Å². The molecule has 0 unspecified atom stereocenters. The molecule has 0 heterocycles. The van der Waals surface area contributed by atoms with Crippen LogP contribution < -0.4 is 10.6 Å². The molecule has 118 valence electrons. The predicted molar refractivity (Wildman–Crippen MR) is 76.2 cm³/mol. The number of carbonyl (C=O) groups is 2. The van der Waals surface area contributed by atoms with Gasteiger partial charge >= 0.3 is 12.1 Å². The molecule has 1 aromatic carbocycles. The van der Waals surface area contributed by atoms with Crippen molar-refractivity contribution in [3.63, 3.8) is 0 Å². The monoisotopic (exact) mass is 312 g/mol. The zero-order valence-corrected chi connectivity index (χ0v) is 11.8. The van der Waals surface area contributed by atoms with Gasteiger partial charge in [-0.1, -0.05) is 11.6 Å². The van der Waals surface area contributed by atoms with Gasteiger partial charge in [-0.25, -0.2) is 0 Å². The summed E-state index contributed by atoms with van der Waals surface area (Å²) in [4.78, 5) is 22.7. The van der Waals surface area contributed by atoms with Crippen molar-refractivity contribution < 1.29 is 22.8 Å². The van der Waals surface area contributed by atoms with E-state index < -0.39 is 12.1 Å². The highest BCUT2D eigenvalue weighted by Gasteiger charge is 2.38. The van der Waals surface area contributed by atoms with Gasteiger partial charge < -0.3 is 10.6 Å². The van der Waals surface area contributed by atoms with Crippen molar-refractivity contribution in [3.8, 4) is 0 Å². The van der Waals surface area contributed by atoms with Crippen LogP contribution in [0.2, 0.25) is 0 Å². The van der Waals surface area contributed by atoms with E-state index in [0.29, 0.717) is 11.6 Å². The standard InChI is InChI=1S/C15H15F3N2O2/c1-9(10-5-6-10)7-13(21)19-11-3-2-4-12(8-11)20-14(22)15(16,17)18/h2-4,7-8,10H,5-6H2,1H3,(H,19,21)(H,20,22)/b9-7+. The Morgan fingerprint density at radius 3 is 2.32 bits per heavy atom. The highest BCUT2D eigenvalue weighted by atomic mass is 19.4. The fourth-order valence-electron chi connectivity index (χ4n) is 1.92. The summed E-state index contributed by atoms with van der Waals surface area (Å²) in [6.07, 6.45) is -1.31. The molecule has 1 fully saturated rings. The fourth-order valence-corrected chi connectivity index (χ4v) is 1.92. The molecule has 0 aliphatic heterocycles. The third-order valence-corrected chi connectivity index (χ3v) is 3.23. The van der Waals surface area contributed by atoms with Gasteiger partial charge in [0.1, 0.15) is 0 Å². The lowest BCUT2D eigenvalue weighted by Gasteiger charge is -2.09. The summed E-state index contributed by atoms with van der Waals surface area (Å²) in [5, 5.41) is 4.29. The number of benzene rings is 1. The molecular weight excluding hydrogens is 297 g/mol. The molecule has 2 amide bonds. The van der Waals surface area contributed by atoms with Crippen molar-refractivity contribution in [1.29, 1.82) is 0 Å². The van der Waals surface area contributed by atoms with Gasteiger partial charge in [0.25, 0.3) is 0 Å². The van der Waals surface area contributed by atoms with Gasteiger partial charge in [0, 0.05) is 17.5 Å². The van der Waals surface area contributed by atoms with Crippen molar-refractivity contribution in [2.24, 2.45) is 5.92 Å². The number of allylic oxidation sites excluding steroid dienone is 1. The number of anilines is 2. The average molecular weight is 312 g/mol. The molecule has 0 radical (unpaired) electrons. The lowest BCUT2D eigenvalue weighted by Crippen LogP contribution is -2.29. The summed E-state index contributed by atoms with van der Waals surface area (Å²) in [5.74, 6) is -1.94. The number of rotatable bonds is 4. The predicted octanol–water partition coefficient (Wildman–Crippen LogP) is 3.48. The van der Waals surface area contributed by atoms with E-state index in [9.17, 15) is 22.8 Å². The molecule has 1 aliphatic rings. The SMILES string of the molecule is C/C(=C\C(=O)Nc1cccc(NC(=O)C(F)(F)F)c1)C1CC1. The molecule has 22 heavy (non-hydrogen) atoms. The molecule has 0 atom stereocenters. The van der Waals surface area contributed by atoms with Gasteiger partial charge in [-0.2, -0.15) is 13.2 Å². The minimum Gasteiger partial charge on any atom is -0.322 e. The summed E-state index contributed by atoms with van der Waals surface area (Å²) in [5.41, 5.74) is 1.26. The van der Waals surface area contributed by atoms with Gasteiger partial charge in [-0.15, -0.1) is 0 Å². The number of halogens is 3. The maximum absolute atomic E-state index is 12.2. The minimum atomic E-state index is -4.95.